The number of hydrogen-bond acceptors (Lipinski definition) is 6. The number of hydrogen-bond donors (Lipinski definition) is 4. The number of nitrogens with zero attached hydrogens (tertiary/aromatic N) is 3. The van der Waals surface area contributed by atoms with Crippen molar-refractivity contribution in [2.24, 2.45) is 7.05 Å². The van der Waals surface area contributed by atoms with Gasteiger partial charge in [-0.25, -0.2) is 14.8 Å². The van der Waals surface area contributed by atoms with Gasteiger partial charge in [-0.1, -0.05) is 0 Å². The number of carbonyl (C=O) groups is 1. The zero-order valence-corrected chi connectivity index (χ0v) is 20.3. The van der Waals surface area contributed by atoms with Gasteiger partial charge in [0.25, 0.3) is 0 Å². The SMILES string of the molecule is Cn1c(Nc2ccc(C(F)(F)F)cc2)nc2cc(Oc3ccnc(NC(=O)O)c3C3CCNCC3)ccc21. The summed E-state index contributed by atoms with van der Waals surface area (Å²) in [7, 11) is 1.80. The van der Waals surface area contributed by atoms with Gasteiger partial charge in [-0.15, -0.1) is 0 Å². The van der Waals surface area contributed by atoms with Crippen molar-refractivity contribution in [2.45, 2.75) is 24.9 Å². The molecule has 5 rings (SSSR count). The topological polar surface area (TPSA) is 113 Å². The summed E-state index contributed by atoms with van der Waals surface area (Å²) >= 11 is 0. The second kappa shape index (κ2) is 10.2. The minimum absolute atomic E-state index is 0.0694. The van der Waals surface area contributed by atoms with E-state index in [9.17, 15) is 23.1 Å². The molecule has 0 unspecified atom stereocenters. The lowest BCUT2D eigenvalue weighted by Crippen LogP contribution is -2.27. The molecule has 0 bridgehead atoms. The van der Waals surface area contributed by atoms with E-state index >= 15 is 0 Å². The Morgan fingerprint density at radius 3 is 2.55 bits per heavy atom. The van der Waals surface area contributed by atoms with Crippen LogP contribution < -0.4 is 20.7 Å². The maximum absolute atomic E-state index is 12.9. The fourth-order valence-electron chi connectivity index (χ4n) is 4.60. The molecule has 9 nitrogen and oxygen atoms in total. The van der Waals surface area contributed by atoms with Gasteiger partial charge < -0.3 is 25.0 Å². The van der Waals surface area contributed by atoms with E-state index < -0.39 is 17.8 Å². The molecule has 38 heavy (non-hydrogen) atoms. The van der Waals surface area contributed by atoms with E-state index in [0.717, 1.165) is 43.6 Å². The molecule has 0 saturated carbocycles. The summed E-state index contributed by atoms with van der Waals surface area (Å²) in [6.45, 7) is 1.61. The van der Waals surface area contributed by atoms with Crippen LogP contribution in [0.4, 0.5) is 35.4 Å². The lowest BCUT2D eigenvalue weighted by molar-refractivity contribution is -0.137. The maximum atomic E-state index is 12.9. The number of aromatic nitrogens is 3. The molecule has 1 fully saturated rings. The predicted octanol–water partition coefficient (Wildman–Crippen LogP) is 6.08. The van der Waals surface area contributed by atoms with Crippen molar-refractivity contribution in [1.29, 1.82) is 0 Å². The highest BCUT2D eigenvalue weighted by atomic mass is 19.4. The Morgan fingerprint density at radius 2 is 1.87 bits per heavy atom. The third-order valence-electron chi connectivity index (χ3n) is 6.47. The monoisotopic (exact) mass is 526 g/mol. The van der Waals surface area contributed by atoms with E-state index in [1.54, 1.807) is 29.8 Å². The van der Waals surface area contributed by atoms with Gasteiger partial charge in [0, 0.05) is 30.6 Å². The van der Waals surface area contributed by atoms with E-state index in [-0.39, 0.29) is 11.7 Å². The molecule has 0 spiro atoms. The van der Waals surface area contributed by atoms with Crippen LogP contribution in [0.5, 0.6) is 11.5 Å². The number of ether oxygens (including phenoxy) is 1. The molecule has 3 heterocycles. The van der Waals surface area contributed by atoms with Crippen molar-refractivity contribution in [1.82, 2.24) is 19.9 Å². The van der Waals surface area contributed by atoms with Gasteiger partial charge in [0.15, 0.2) is 0 Å². The molecule has 4 aromatic rings. The second-order valence-corrected chi connectivity index (χ2v) is 8.97. The van der Waals surface area contributed by atoms with Gasteiger partial charge in [0.05, 0.1) is 16.6 Å². The van der Waals surface area contributed by atoms with Crippen LogP contribution in [-0.2, 0) is 13.2 Å². The first-order valence-corrected chi connectivity index (χ1v) is 12.0. The highest BCUT2D eigenvalue weighted by Crippen LogP contribution is 2.39. The summed E-state index contributed by atoms with van der Waals surface area (Å²) in [4.78, 5) is 20.2. The van der Waals surface area contributed by atoms with Gasteiger partial charge >= 0.3 is 12.3 Å². The van der Waals surface area contributed by atoms with Crippen LogP contribution >= 0.6 is 0 Å². The number of aryl methyl sites for hydroxylation is 1. The van der Waals surface area contributed by atoms with Gasteiger partial charge in [0.2, 0.25) is 5.95 Å². The van der Waals surface area contributed by atoms with E-state index in [2.05, 4.69) is 25.9 Å². The van der Waals surface area contributed by atoms with Crippen molar-refractivity contribution in [2.75, 3.05) is 23.7 Å². The lowest BCUT2D eigenvalue weighted by Gasteiger charge is -2.26. The minimum Gasteiger partial charge on any atom is -0.465 e. The smallest absolute Gasteiger partial charge is 0.416 e. The highest BCUT2D eigenvalue weighted by molar-refractivity contribution is 5.84. The highest BCUT2D eigenvalue weighted by Gasteiger charge is 2.30. The van der Waals surface area contributed by atoms with Crippen LogP contribution in [0.1, 0.15) is 29.9 Å². The molecule has 0 radical (unpaired) electrons. The number of alkyl halides is 3. The molecule has 1 aliphatic heterocycles. The number of benzene rings is 2. The molecule has 1 aliphatic rings. The molecule has 2 aromatic carbocycles. The van der Waals surface area contributed by atoms with Crippen molar-refractivity contribution in [3.8, 4) is 11.5 Å². The normalized spacial score (nSPS) is 14.4. The lowest BCUT2D eigenvalue weighted by atomic mass is 9.90. The molecule has 0 atom stereocenters. The van der Waals surface area contributed by atoms with Gasteiger partial charge in [-0.3, -0.25) is 5.32 Å². The third kappa shape index (κ3) is 5.35. The minimum atomic E-state index is -4.40. The van der Waals surface area contributed by atoms with Crippen LogP contribution in [0.3, 0.4) is 0 Å². The van der Waals surface area contributed by atoms with Crippen LogP contribution in [0.2, 0.25) is 0 Å². The standard InChI is InChI=1S/C26H25F3N6O3/c1-35-20-7-6-18(14-19(20)33-24(35)32-17-4-2-16(3-5-17)26(27,28)29)38-21-10-13-31-23(34-25(36)37)22(21)15-8-11-30-12-9-15/h2-7,10,13-15,30H,8-9,11-12H2,1H3,(H,31,34)(H,32,33)(H,36,37). The zero-order valence-electron chi connectivity index (χ0n) is 20.3. The number of halogens is 3. The zero-order chi connectivity index (χ0) is 26.9. The van der Waals surface area contributed by atoms with Crippen LogP contribution in [0, 0.1) is 0 Å². The number of anilines is 3. The molecule has 12 heteroatoms. The first-order chi connectivity index (χ1) is 18.2. The van der Waals surface area contributed by atoms with Crippen LogP contribution in [0.25, 0.3) is 11.0 Å². The number of imidazole rings is 1. The van der Waals surface area contributed by atoms with Crippen molar-refractivity contribution < 1.29 is 27.8 Å². The summed E-state index contributed by atoms with van der Waals surface area (Å²) < 4.78 is 46.6. The summed E-state index contributed by atoms with van der Waals surface area (Å²) in [6.07, 6.45) is -2.48. The molecular weight excluding hydrogens is 501 g/mol. The van der Waals surface area contributed by atoms with Crippen molar-refractivity contribution >= 4 is 34.6 Å². The fourth-order valence-corrected chi connectivity index (χ4v) is 4.60. The summed E-state index contributed by atoms with van der Waals surface area (Å²) in [5.74, 6) is 1.78. The Bertz CT molecular complexity index is 1460. The van der Waals surface area contributed by atoms with Gasteiger partial charge in [0.1, 0.15) is 17.3 Å². The van der Waals surface area contributed by atoms with E-state index in [4.69, 9.17) is 4.74 Å². The third-order valence-corrected chi connectivity index (χ3v) is 6.47. The largest absolute Gasteiger partial charge is 0.465 e. The maximum Gasteiger partial charge on any atom is 0.416 e. The number of piperidine rings is 1. The summed E-state index contributed by atoms with van der Waals surface area (Å²) in [6, 6.07) is 11.8. The number of rotatable bonds is 6. The average Bonchev–Trinajstić information content (AvgIpc) is 3.18. The Morgan fingerprint density at radius 1 is 1.13 bits per heavy atom. The Labute approximate surface area is 215 Å². The molecule has 4 N–H and O–H groups in total. The van der Waals surface area contributed by atoms with Crippen LogP contribution in [0.15, 0.2) is 54.7 Å². The Balaban J connectivity index is 1.42. The number of amides is 1. The molecule has 0 aliphatic carbocycles. The first-order valence-electron chi connectivity index (χ1n) is 12.0. The average molecular weight is 527 g/mol. The Kier molecular flexibility index (Phi) is 6.81. The Hall–Kier alpha value is -4.32. The summed E-state index contributed by atoms with van der Waals surface area (Å²) in [5.41, 5.74) is 1.85. The molecule has 1 amide bonds. The van der Waals surface area contributed by atoms with Crippen LogP contribution in [-0.4, -0.2) is 38.8 Å². The van der Waals surface area contributed by atoms with E-state index in [1.807, 2.05) is 6.07 Å². The molecular formula is C26H25F3N6O3. The van der Waals surface area contributed by atoms with Gasteiger partial charge in [-0.05, 0) is 74.3 Å². The van der Waals surface area contributed by atoms with Crippen molar-refractivity contribution in [3.63, 3.8) is 0 Å². The summed E-state index contributed by atoms with van der Waals surface area (Å²) in [5, 5.41) is 18.0. The number of pyridine rings is 1. The molecule has 2 aromatic heterocycles. The molecule has 1 saturated heterocycles. The van der Waals surface area contributed by atoms with E-state index in [1.165, 1.54) is 18.3 Å². The molecule has 198 valence electrons. The first kappa shape index (κ1) is 25.3. The van der Waals surface area contributed by atoms with Crippen molar-refractivity contribution in [3.05, 3.63) is 65.9 Å². The number of fused-ring (bicyclic) bond motifs is 1. The predicted molar refractivity (Wildman–Crippen MR) is 136 cm³/mol. The van der Waals surface area contributed by atoms with E-state index in [0.29, 0.717) is 34.2 Å². The number of nitrogens with one attached hydrogen (secondary N) is 3. The second-order valence-electron chi connectivity index (χ2n) is 8.97. The number of carboxylic acid groups (broad SMARTS) is 1. The fraction of sp³-hybridized carbons (Fsp3) is 0.269. The van der Waals surface area contributed by atoms with Gasteiger partial charge in [-0.2, -0.15) is 13.2 Å². The quantitative estimate of drug-likeness (QED) is 0.241.